The van der Waals surface area contributed by atoms with Gasteiger partial charge in [-0.3, -0.25) is 14.3 Å². The molecule has 0 aliphatic carbocycles. The molecule has 1 aliphatic heterocycles. The molecule has 0 spiro atoms. The highest BCUT2D eigenvalue weighted by atomic mass is 32.2. The highest BCUT2D eigenvalue weighted by Gasteiger charge is 2.44. The van der Waals surface area contributed by atoms with Gasteiger partial charge in [0, 0.05) is 14.1 Å². The molecule has 0 aromatic carbocycles. The standard InChI is InChI=1S/C7H13N3OS.CHF3O3S/c1-10(2)7-5(12)3-4(9-7)6(8)11;2-1(3,4)8(5,6)7/h4-5,12H,3H2,1-2H3,(H2,8,11);(H,5,6,7)/t4-,5?;/m0./s1. The van der Waals surface area contributed by atoms with Crippen molar-refractivity contribution in [1.82, 2.24) is 4.90 Å². The molecule has 1 heterocycles. The predicted molar refractivity (Wildman–Crippen MR) is 69.1 cm³/mol. The van der Waals surface area contributed by atoms with Crippen LogP contribution < -0.4 is 5.73 Å². The third-order valence-corrected chi connectivity index (χ3v) is 3.14. The van der Waals surface area contributed by atoms with E-state index < -0.39 is 15.6 Å². The van der Waals surface area contributed by atoms with Crippen molar-refractivity contribution in [3.05, 3.63) is 0 Å². The van der Waals surface area contributed by atoms with E-state index in [2.05, 4.69) is 17.6 Å². The third-order valence-electron chi connectivity index (χ3n) is 2.11. The van der Waals surface area contributed by atoms with Crippen molar-refractivity contribution >= 4 is 34.5 Å². The second-order valence-corrected chi connectivity index (χ2v) is 6.01. The number of carbonyl (C=O) groups is 1. The summed E-state index contributed by atoms with van der Waals surface area (Å²) in [5.41, 5.74) is -0.411. The molecule has 3 N–H and O–H groups in total. The zero-order chi connectivity index (χ0) is 16.3. The first-order valence-corrected chi connectivity index (χ1v) is 6.99. The van der Waals surface area contributed by atoms with Gasteiger partial charge in [-0.1, -0.05) is 0 Å². The number of nitrogens with two attached hydrogens (primary N) is 1. The number of hydrogen-bond acceptors (Lipinski definition) is 6. The number of thiol groups is 1. The molecular formula is C8H14F3N3O4S2. The topological polar surface area (TPSA) is 113 Å². The number of alkyl halides is 3. The first-order chi connectivity index (χ1) is 8.77. The molecule has 0 fully saturated rings. The average Bonchev–Trinajstić information content (AvgIpc) is 2.58. The minimum atomic E-state index is -5.84. The smallest absolute Gasteiger partial charge is 0.368 e. The zero-order valence-electron chi connectivity index (χ0n) is 10.5. The monoisotopic (exact) mass is 337 g/mol. The minimum absolute atomic E-state index is 0.0394. The SMILES string of the molecule is CN(C)C1=N[C@H](C(N)=O)CC1S.O=S(=O)(O)C(F)(F)F. The van der Waals surface area contributed by atoms with Crippen LogP contribution in [0, 0.1) is 0 Å². The van der Waals surface area contributed by atoms with E-state index in [-0.39, 0.29) is 17.2 Å². The number of rotatable bonds is 1. The van der Waals surface area contributed by atoms with E-state index in [4.69, 9.17) is 18.7 Å². The van der Waals surface area contributed by atoms with Crippen LogP contribution in [0.25, 0.3) is 0 Å². The van der Waals surface area contributed by atoms with Crippen LogP contribution in [0.1, 0.15) is 6.42 Å². The molecule has 0 aromatic heterocycles. The summed E-state index contributed by atoms with van der Waals surface area (Å²) in [6, 6.07) is -0.384. The van der Waals surface area contributed by atoms with Gasteiger partial charge in [-0.05, 0) is 6.42 Å². The number of carbonyl (C=O) groups excluding carboxylic acids is 1. The lowest BCUT2D eigenvalue weighted by Crippen LogP contribution is -2.27. The molecule has 1 rings (SSSR count). The van der Waals surface area contributed by atoms with Gasteiger partial charge in [-0.25, -0.2) is 0 Å². The average molecular weight is 337 g/mol. The van der Waals surface area contributed by atoms with E-state index in [0.29, 0.717) is 6.42 Å². The largest absolute Gasteiger partial charge is 0.522 e. The second-order valence-electron chi connectivity index (χ2n) is 3.97. The van der Waals surface area contributed by atoms with E-state index in [0.717, 1.165) is 5.84 Å². The van der Waals surface area contributed by atoms with E-state index in [1.165, 1.54) is 0 Å². The van der Waals surface area contributed by atoms with Crippen molar-refractivity contribution in [1.29, 1.82) is 0 Å². The van der Waals surface area contributed by atoms with Crippen LogP contribution in [0.2, 0.25) is 0 Å². The molecule has 0 saturated carbocycles. The van der Waals surface area contributed by atoms with Crippen LogP contribution in [0.15, 0.2) is 4.99 Å². The Labute approximate surface area is 119 Å². The molecule has 0 aromatic rings. The fraction of sp³-hybridized carbons (Fsp3) is 0.750. The van der Waals surface area contributed by atoms with Gasteiger partial charge in [0.1, 0.15) is 11.9 Å². The van der Waals surface area contributed by atoms with Crippen LogP contribution in [-0.2, 0) is 14.9 Å². The highest BCUT2D eigenvalue weighted by Crippen LogP contribution is 2.20. The predicted octanol–water partition coefficient (Wildman–Crippen LogP) is -0.103. The lowest BCUT2D eigenvalue weighted by Gasteiger charge is -2.14. The summed E-state index contributed by atoms with van der Waals surface area (Å²) in [5.74, 6) is 0.466. The lowest BCUT2D eigenvalue weighted by molar-refractivity contribution is -0.119. The third kappa shape index (κ3) is 5.54. The van der Waals surface area contributed by atoms with Crippen molar-refractivity contribution in [3.8, 4) is 0 Å². The van der Waals surface area contributed by atoms with Gasteiger partial charge in [0.15, 0.2) is 0 Å². The number of amides is 1. The van der Waals surface area contributed by atoms with E-state index in [1.54, 1.807) is 0 Å². The van der Waals surface area contributed by atoms with E-state index in [9.17, 15) is 18.0 Å². The second kappa shape index (κ2) is 6.63. The maximum Gasteiger partial charge on any atom is 0.522 e. The summed E-state index contributed by atoms with van der Waals surface area (Å²) >= 11 is 4.30. The van der Waals surface area contributed by atoms with Crippen molar-refractivity contribution < 1.29 is 30.9 Å². The first-order valence-electron chi connectivity index (χ1n) is 5.03. The van der Waals surface area contributed by atoms with Gasteiger partial charge in [0.2, 0.25) is 5.91 Å². The van der Waals surface area contributed by atoms with Gasteiger partial charge in [0.25, 0.3) is 0 Å². The van der Waals surface area contributed by atoms with Crippen LogP contribution in [0.5, 0.6) is 0 Å². The lowest BCUT2D eigenvalue weighted by atomic mass is 10.2. The van der Waals surface area contributed by atoms with Crippen molar-refractivity contribution in [3.63, 3.8) is 0 Å². The van der Waals surface area contributed by atoms with Crippen molar-refractivity contribution in [2.24, 2.45) is 10.7 Å². The van der Waals surface area contributed by atoms with Crippen molar-refractivity contribution in [2.45, 2.75) is 23.2 Å². The summed E-state index contributed by atoms with van der Waals surface area (Å²) < 4.78 is 57.5. The Morgan fingerprint density at radius 2 is 1.90 bits per heavy atom. The van der Waals surface area contributed by atoms with Gasteiger partial charge in [-0.15, -0.1) is 0 Å². The Morgan fingerprint density at radius 1 is 1.50 bits per heavy atom. The summed E-state index contributed by atoms with van der Waals surface area (Å²) in [4.78, 5) is 16.8. The summed E-state index contributed by atoms with van der Waals surface area (Å²) in [6.07, 6.45) is 0.617. The van der Waals surface area contributed by atoms with Gasteiger partial charge in [0.05, 0.1) is 5.25 Å². The van der Waals surface area contributed by atoms with Crippen LogP contribution in [-0.4, -0.2) is 60.5 Å². The number of aliphatic imine (C=N–C) groups is 1. The summed E-state index contributed by atoms with van der Waals surface area (Å²) in [5, 5.41) is 0.0394. The number of primary amides is 1. The maximum absolute atomic E-state index is 10.8. The number of nitrogens with zero attached hydrogens (tertiary/aromatic N) is 2. The molecule has 0 saturated heterocycles. The van der Waals surface area contributed by atoms with Gasteiger partial charge < -0.3 is 10.6 Å². The molecule has 1 unspecified atom stereocenters. The molecule has 7 nitrogen and oxygen atoms in total. The Morgan fingerprint density at radius 3 is 2.05 bits per heavy atom. The van der Waals surface area contributed by atoms with Gasteiger partial charge >= 0.3 is 15.6 Å². The van der Waals surface area contributed by atoms with Gasteiger partial charge in [-0.2, -0.15) is 34.2 Å². The van der Waals surface area contributed by atoms with Crippen LogP contribution >= 0.6 is 12.6 Å². The minimum Gasteiger partial charge on any atom is -0.368 e. The van der Waals surface area contributed by atoms with E-state index >= 15 is 0 Å². The highest BCUT2D eigenvalue weighted by molar-refractivity contribution is 7.86. The molecule has 1 aliphatic rings. The summed E-state index contributed by atoms with van der Waals surface area (Å²) in [7, 11) is -2.08. The molecule has 1 amide bonds. The fourth-order valence-electron chi connectivity index (χ4n) is 1.21. The molecule has 118 valence electrons. The Bertz CT molecular complexity index is 490. The van der Waals surface area contributed by atoms with Crippen LogP contribution in [0.4, 0.5) is 13.2 Å². The van der Waals surface area contributed by atoms with Crippen molar-refractivity contribution in [2.75, 3.05) is 14.1 Å². The quantitative estimate of drug-likeness (QED) is 0.351. The molecule has 12 heteroatoms. The van der Waals surface area contributed by atoms with Crippen LogP contribution in [0.3, 0.4) is 0 Å². The van der Waals surface area contributed by atoms with E-state index in [1.807, 2.05) is 19.0 Å². The molecule has 20 heavy (non-hydrogen) atoms. The Hall–Kier alpha value is -1.01. The molecular weight excluding hydrogens is 323 g/mol. The zero-order valence-corrected chi connectivity index (χ0v) is 12.2. The maximum atomic E-state index is 10.8. The first kappa shape index (κ1) is 19.0. The summed E-state index contributed by atoms with van der Waals surface area (Å²) in [6.45, 7) is 0. The Kier molecular flexibility index (Phi) is 6.29. The molecule has 2 atom stereocenters. The Balaban J connectivity index is 0.000000396. The molecule has 0 radical (unpaired) electrons. The number of halogens is 3. The number of amidine groups is 1. The normalized spacial score (nSPS) is 22.6. The fourth-order valence-corrected chi connectivity index (χ4v) is 1.71. The number of hydrogen-bond donors (Lipinski definition) is 3. The molecule has 0 bridgehead atoms.